The van der Waals surface area contributed by atoms with Crippen LogP contribution >= 0.6 is 15.9 Å². The van der Waals surface area contributed by atoms with Crippen LogP contribution in [0.15, 0.2) is 22.7 Å². The van der Waals surface area contributed by atoms with E-state index in [-0.39, 0.29) is 5.60 Å². The molecule has 0 spiro atoms. The number of aliphatic hydroxyl groups is 1. The highest BCUT2D eigenvalue weighted by molar-refractivity contribution is 9.10. The van der Waals surface area contributed by atoms with Gasteiger partial charge in [-0.15, -0.1) is 0 Å². The average Bonchev–Trinajstić information content (AvgIpc) is 2.28. The summed E-state index contributed by atoms with van der Waals surface area (Å²) in [6, 6.07) is 5.84. The third-order valence-corrected chi connectivity index (χ3v) is 4.07. The van der Waals surface area contributed by atoms with Gasteiger partial charge in [0, 0.05) is 16.5 Å². The van der Waals surface area contributed by atoms with Gasteiger partial charge >= 0.3 is 0 Å². The van der Waals surface area contributed by atoms with E-state index in [1.807, 2.05) is 18.2 Å². The minimum atomic E-state index is -0.404. The van der Waals surface area contributed by atoms with E-state index < -0.39 is 6.10 Å². The quantitative estimate of drug-likeness (QED) is 0.905. The molecular formula is C14H19BrO2. The van der Waals surface area contributed by atoms with Gasteiger partial charge in [-0.25, -0.2) is 0 Å². The molecule has 0 fully saturated rings. The van der Waals surface area contributed by atoms with E-state index >= 15 is 0 Å². The Labute approximate surface area is 111 Å². The largest absolute Gasteiger partial charge is 0.487 e. The molecule has 1 aliphatic rings. The third kappa shape index (κ3) is 2.50. The summed E-state index contributed by atoms with van der Waals surface area (Å²) in [4.78, 5) is 0. The Morgan fingerprint density at radius 2 is 2.24 bits per heavy atom. The smallest absolute Gasteiger partial charge is 0.127 e. The summed E-state index contributed by atoms with van der Waals surface area (Å²) in [5, 5.41) is 10.3. The summed E-state index contributed by atoms with van der Waals surface area (Å²) in [6.07, 6.45) is 3.30. The predicted octanol–water partition coefficient (Wildman–Crippen LogP) is 4.21. The van der Waals surface area contributed by atoms with Gasteiger partial charge in [0.25, 0.3) is 0 Å². The van der Waals surface area contributed by atoms with Crippen LogP contribution < -0.4 is 4.74 Å². The summed E-state index contributed by atoms with van der Waals surface area (Å²) >= 11 is 3.45. The Morgan fingerprint density at radius 1 is 1.47 bits per heavy atom. The number of hydrogen-bond donors (Lipinski definition) is 1. The normalized spacial score (nSPS) is 27.4. The van der Waals surface area contributed by atoms with E-state index in [1.54, 1.807) is 0 Å². The SMILES string of the molecule is CCCC1(CC)C[C@@H](O)c2ccc(Br)cc2O1. The van der Waals surface area contributed by atoms with Crippen molar-refractivity contribution in [3.63, 3.8) is 0 Å². The number of fused-ring (bicyclic) bond motifs is 1. The number of hydrogen-bond acceptors (Lipinski definition) is 2. The van der Waals surface area contributed by atoms with Gasteiger partial charge in [0.2, 0.25) is 0 Å². The van der Waals surface area contributed by atoms with Crippen molar-refractivity contribution in [1.82, 2.24) is 0 Å². The molecule has 1 heterocycles. The molecule has 0 aromatic heterocycles. The fourth-order valence-electron chi connectivity index (χ4n) is 2.61. The summed E-state index contributed by atoms with van der Waals surface area (Å²) in [5.74, 6) is 0.827. The minimum Gasteiger partial charge on any atom is -0.487 e. The van der Waals surface area contributed by atoms with E-state index in [0.29, 0.717) is 6.42 Å². The Balaban J connectivity index is 2.36. The maximum absolute atomic E-state index is 10.3. The molecule has 0 saturated heterocycles. The summed E-state index contributed by atoms with van der Waals surface area (Å²) in [5.41, 5.74) is 0.718. The highest BCUT2D eigenvalue weighted by atomic mass is 79.9. The number of ether oxygens (including phenoxy) is 1. The second kappa shape index (κ2) is 4.99. The van der Waals surface area contributed by atoms with Gasteiger partial charge in [-0.05, 0) is 25.0 Å². The molecule has 0 saturated carbocycles. The molecule has 1 aliphatic heterocycles. The summed E-state index contributed by atoms with van der Waals surface area (Å²) in [6.45, 7) is 4.29. The zero-order valence-electron chi connectivity index (χ0n) is 10.4. The number of rotatable bonds is 3. The predicted molar refractivity (Wildman–Crippen MR) is 72.3 cm³/mol. The molecule has 2 atom stereocenters. The molecule has 0 amide bonds. The first-order valence-electron chi connectivity index (χ1n) is 6.27. The Bertz CT molecular complexity index is 405. The molecule has 1 aromatic carbocycles. The van der Waals surface area contributed by atoms with Crippen molar-refractivity contribution >= 4 is 15.9 Å². The fraction of sp³-hybridized carbons (Fsp3) is 0.571. The topological polar surface area (TPSA) is 29.5 Å². The lowest BCUT2D eigenvalue weighted by Crippen LogP contribution is -2.40. The van der Waals surface area contributed by atoms with Gasteiger partial charge in [0.05, 0.1) is 6.10 Å². The van der Waals surface area contributed by atoms with Gasteiger partial charge in [0.15, 0.2) is 0 Å². The Kier molecular flexibility index (Phi) is 3.79. The van der Waals surface area contributed by atoms with Crippen LogP contribution in [-0.2, 0) is 0 Å². The highest BCUT2D eigenvalue weighted by Gasteiger charge is 2.38. The zero-order chi connectivity index (χ0) is 12.5. The van der Waals surface area contributed by atoms with Gasteiger partial charge in [-0.3, -0.25) is 0 Å². The maximum atomic E-state index is 10.3. The second-order valence-electron chi connectivity index (χ2n) is 4.79. The van der Waals surface area contributed by atoms with Crippen LogP contribution in [0.4, 0.5) is 0 Å². The molecular weight excluding hydrogens is 280 g/mol. The van der Waals surface area contributed by atoms with Crippen molar-refractivity contribution in [2.75, 3.05) is 0 Å². The molecule has 0 aliphatic carbocycles. The van der Waals surface area contributed by atoms with Crippen molar-refractivity contribution in [2.45, 2.75) is 51.2 Å². The molecule has 1 aromatic rings. The molecule has 1 unspecified atom stereocenters. The van der Waals surface area contributed by atoms with Gasteiger partial charge in [0.1, 0.15) is 11.4 Å². The van der Waals surface area contributed by atoms with Crippen molar-refractivity contribution in [2.24, 2.45) is 0 Å². The molecule has 17 heavy (non-hydrogen) atoms. The van der Waals surface area contributed by atoms with Crippen molar-refractivity contribution in [3.05, 3.63) is 28.2 Å². The average molecular weight is 299 g/mol. The Hall–Kier alpha value is -0.540. The molecule has 0 radical (unpaired) electrons. The lowest BCUT2D eigenvalue weighted by Gasteiger charge is -2.40. The summed E-state index contributed by atoms with van der Waals surface area (Å²) < 4.78 is 7.16. The monoisotopic (exact) mass is 298 g/mol. The molecule has 0 bridgehead atoms. The molecule has 2 nitrogen and oxygen atoms in total. The highest BCUT2D eigenvalue weighted by Crippen LogP contribution is 2.44. The van der Waals surface area contributed by atoms with Crippen molar-refractivity contribution in [3.8, 4) is 5.75 Å². The van der Waals surface area contributed by atoms with E-state index in [4.69, 9.17) is 4.74 Å². The maximum Gasteiger partial charge on any atom is 0.127 e. The number of benzene rings is 1. The standard InChI is InChI=1S/C14H19BrO2/c1-3-7-14(4-2)9-12(16)11-6-5-10(15)8-13(11)17-14/h5-6,8,12,16H,3-4,7,9H2,1-2H3/t12-,14?/m1/s1. The number of halogens is 1. The first-order valence-corrected chi connectivity index (χ1v) is 7.06. The lowest BCUT2D eigenvalue weighted by molar-refractivity contribution is -0.0232. The molecule has 94 valence electrons. The first kappa shape index (κ1) is 12.9. The van der Waals surface area contributed by atoms with E-state index in [1.165, 1.54) is 0 Å². The lowest BCUT2D eigenvalue weighted by atomic mass is 9.84. The van der Waals surface area contributed by atoms with Gasteiger partial charge < -0.3 is 9.84 Å². The third-order valence-electron chi connectivity index (χ3n) is 3.58. The van der Waals surface area contributed by atoms with E-state index in [9.17, 15) is 5.11 Å². The first-order chi connectivity index (χ1) is 8.10. The number of aliphatic hydroxyl groups excluding tert-OH is 1. The van der Waals surface area contributed by atoms with E-state index in [2.05, 4.69) is 29.8 Å². The second-order valence-corrected chi connectivity index (χ2v) is 5.71. The van der Waals surface area contributed by atoms with Crippen molar-refractivity contribution < 1.29 is 9.84 Å². The molecule has 3 heteroatoms. The van der Waals surface area contributed by atoms with Crippen LogP contribution in [0, 0.1) is 0 Å². The Morgan fingerprint density at radius 3 is 2.88 bits per heavy atom. The van der Waals surface area contributed by atoms with Crippen LogP contribution in [0.5, 0.6) is 5.75 Å². The van der Waals surface area contributed by atoms with Crippen molar-refractivity contribution in [1.29, 1.82) is 0 Å². The zero-order valence-corrected chi connectivity index (χ0v) is 12.0. The van der Waals surface area contributed by atoms with Gasteiger partial charge in [-0.1, -0.05) is 42.3 Å². The van der Waals surface area contributed by atoms with Crippen LogP contribution in [0.3, 0.4) is 0 Å². The molecule has 1 N–H and O–H groups in total. The summed E-state index contributed by atoms with van der Waals surface area (Å²) in [7, 11) is 0. The van der Waals surface area contributed by atoms with Crippen LogP contribution in [0.2, 0.25) is 0 Å². The van der Waals surface area contributed by atoms with Crippen LogP contribution in [0.25, 0.3) is 0 Å². The van der Waals surface area contributed by atoms with Gasteiger partial charge in [-0.2, -0.15) is 0 Å². The van der Waals surface area contributed by atoms with E-state index in [0.717, 1.165) is 35.0 Å². The fourth-order valence-corrected chi connectivity index (χ4v) is 2.95. The molecule has 2 rings (SSSR count). The van der Waals surface area contributed by atoms with Crippen LogP contribution in [-0.4, -0.2) is 10.7 Å². The minimum absolute atomic E-state index is 0.192. The van der Waals surface area contributed by atoms with Crippen LogP contribution in [0.1, 0.15) is 51.2 Å².